The maximum absolute atomic E-state index is 13.5. The molecule has 4 rings (SSSR count). The first kappa shape index (κ1) is 21.5. The fraction of sp³-hybridized carbons (Fsp3) is 0.455. The van der Waals surface area contributed by atoms with Crippen LogP contribution in [-0.2, 0) is 11.3 Å². The monoisotopic (exact) mass is 433 g/mol. The topological polar surface area (TPSA) is 64.1 Å². The maximum atomic E-state index is 13.5. The van der Waals surface area contributed by atoms with Crippen LogP contribution in [0.5, 0.6) is 11.8 Å². The van der Waals surface area contributed by atoms with Crippen LogP contribution in [0.15, 0.2) is 30.3 Å². The van der Waals surface area contributed by atoms with E-state index in [1.54, 1.807) is 17.0 Å². The van der Waals surface area contributed by atoms with Crippen LogP contribution >= 0.6 is 0 Å². The van der Waals surface area contributed by atoms with Crippen LogP contribution in [0.1, 0.15) is 15.9 Å². The summed E-state index contributed by atoms with van der Waals surface area (Å²) < 4.78 is 43.1. The minimum absolute atomic E-state index is 0.178. The third kappa shape index (κ3) is 4.62. The Hall–Kier alpha value is -2.78. The molecule has 2 aromatic rings. The Morgan fingerprint density at radius 1 is 1.13 bits per heavy atom. The first-order valence-corrected chi connectivity index (χ1v) is 10.0. The smallest absolute Gasteiger partial charge is 0.259 e. The molecule has 0 saturated carbocycles. The van der Waals surface area contributed by atoms with E-state index in [1.807, 2.05) is 0 Å². The van der Waals surface area contributed by atoms with E-state index in [0.717, 1.165) is 6.07 Å². The number of pyridine rings is 1. The quantitative estimate of drug-likeness (QED) is 0.722. The number of carbonyl (C=O) groups excluding carboxylic acids is 1. The lowest BCUT2D eigenvalue weighted by Crippen LogP contribution is -2.62. The summed E-state index contributed by atoms with van der Waals surface area (Å²) in [7, 11) is 2.96. The molecule has 166 valence electrons. The van der Waals surface area contributed by atoms with Gasteiger partial charge in [-0.15, -0.1) is 0 Å². The van der Waals surface area contributed by atoms with Gasteiger partial charge in [0, 0.05) is 50.3 Å². The van der Waals surface area contributed by atoms with Crippen LogP contribution in [-0.4, -0.2) is 74.3 Å². The van der Waals surface area contributed by atoms with Gasteiger partial charge in [-0.2, -0.15) is 4.98 Å². The van der Waals surface area contributed by atoms with Gasteiger partial charge in [0.15, 0.2) is 0 Å². The summed E-state index contributed by atoms with van der Waals surface area (Å²) >= 11 is 0. The standard InChI is InChI=1S/C22H25F2N3O4/c1-29-19-4-3-18(20(25-19)30-2)21(28)27-5-6-31-14-22(13-27)11-26(12-22)10-15-7-16(23)9-17(24)8-15/h3-4,7-9H,5-6,10-14H2,1-2H3. The van der Waals surface area contributed by atoms with E-state index >= 15 is 0 Å². The van der Waals surface area contributed by atoms with Crippen molar-refractivity contribution in [1.82, 2.24) is 14.8 Å². The van der Waals surface area contributed by atoms with Crippen molar-refractivity contribution in [2.45, 2.75) is 6.54 Å². The van der Waals surface area contributed by atoms with Gasteiger partial charge in [-0.05, 0) is 23.8 Å². The number of rotatable bonds is 5. The lowest BCUT2D eigenvalue weighted by Gasteiger charge is -2.50. The lowest BCUT2D eigenvalue weighted by atomic mass is 9.79. The summed E-state index contributed by atoms with van der Waals surface area (Å²) in [4.78, 5) is 21.3. The van der Waals surface area contributed by atoms with E-state index in [0.29, 0.717) is 62.9 Å². The number of halogens is 2. The van der Waals surface area contributed by atoms with E-state index in [4.69, 9.17) is 14.2 Å². The van der Waals surface area contributed by atoms with Crippen molar-refractivity contribution in [1.29, 1.82) is 0 Å². The molecule has 0 bridgehead atoms. The van der Waals surface area contributed by atoms with Crippen molar-refractivity contribution in [3.05, 3.63) is 53.1 Å². The molecule has 0 radical (unpaired) electrons. The van der Waals surface area contributed by atoms with Crippen LogP contribution in [0.2, 0.25) is 0 Å². The number of likely N-dealkylation sites (tertiary alicyclic amines) is 1. The summed E-state index contributed by atoms with van der Waals surface area (Å²) in [6.45, 7) is 3.75. The number of methoxy groups -OCH3 is 2. The van der Waals surface area contributed by atoms with Gasteiger partial charge in [-0.25, -0.2) is 8.78 Å². The van der Waals surface area contributed by atoms with Gasteiger partial charge in [-0.3, -0.25) is 9.69 Å². The van der Waals surface area contributed by atoms with Gasteiger partial charge in [0.25, 0.3) is 5.91 Å². The van der Waals surface area contributed by atoms with Gasteiger partial charge in [0.1, 0.15) is 17.2 Å². The highest BCUT2D eigenvalue weighted by Crippen LogP contribution is 2.35. The summed E-state index contributed by atoms with van der Waals surface area (Å²) in [6.07, 6.45) is 0. The zero-order valence-electron chi connectivity index (χ0n) is 17.6. The molecule has 0 unspecified atom stereocenters. The number of benzene rings is 1. The predicted octanol–water partition coefficient (Wildman–Crippen LogP) is 2.35. The van der Waals surface area contributed by atoms with Crippen molar-refractivity contribution < 1.29 is 27.8 Å². The van der Waals surface area contributed by atoms with Gasteiger partial charge in [0.05, 0.1) is 27.4 Å². The molecule has 7 nitrogen and oxygen atoms in total. The minimum Gasteiger partial charge on any atom is -0.481 e. The SMILES string of the molecule is COc1ccc(C(=O)N2CCOCC3(CN(Cc4cc(F)cc(F)c4)C3)C2)c(OC)n1. The number of carbonyl (C=O) groups is 1. The van der Waals surface area contributed by atoms with Crippen molar-refractivity contribution in [2.75, 3.05) is 53.6 Å². The molecule has 31 heavy (non-hydrogen) atoms. The molecule has 0 atom stereocenters. The van der Waals surface area contributed by atoms with Crippen LogP contribution in [0, 0.1) is 17.0 Å². The Kier molecular flexibility index (Phi) is 6.06. The number of aromatic nitrogens is 1. The molecule has 0 N–H and O–H groups in total. The Bertz CT molecular complexity index is 946. The minimum atomic E-state index is -0.582. The van der Waals surface area contributed by atoms with E-state index in [2.05, 4.69) is 9.88 Å². The molecule has 1 spiro atoms. The molecule has 2 aliphatic rings. The number of amides is 1. The van der Waals surface area contributed by atoms with Crippen molar-refractivity contribution in [3.8, 4) is 11.8 Å². The largest absolute Gasteiger partial charge is 0.481 e. The second-order valence-electron chi connectivity index (χ2n) is 8.11. The fourth-order valence-electron chi connectivity index (χ4n) is 4.36. The highest BCUT2D eigenvalue weighted by atomic mass is 19.1. The normalized spacial score (nSPS) is 18.4. The highest BCUT2D eigenvalue weighted by molar-refractivity contribution is 5.96. The maximum Gasteiger partial charge on any atom is 0.259 e. The van der Waals surface area contributed by atoms with E-state index in [9.17, 15) is 13.6 Å². The van der Waals surface area contributed by atoms with Gasteiger partial charge >= 0.3 is 0 Å². The van der Waals surface area contributed by atoms with Crippen LogP contribution in [0.3, 0.4) is 0 Å². The molecule has 1 aromatic carbocycles. The first-order chi connectivity index (χ1) is 14.9. The molecule has 3 heterocycles. The second-order valence-corrected chi connectivity index (χ2v) is 8.11. The number of ether oxygens (including phenoxy) is 3. The predicted molar refractivity (Wildman–Crippen MR) is 108 cm³/mol. The average Bonchev–Trinajstić information content (AvgIpc) is 2.95. The van der Waals surface area contributed by atoms with Crippen LogP contribution in [0.4, 0.5) is 8.78 Å². The van der Waals surface area contributed by atoms with Crippen molar-refractivity contribution in [2.24, 2.45) is 5.41 Å². The summed E-state index contributed by atoms with van der Waals surface area (Å²) in [5.41, 5.74) is 0.737. The van der Waals surface area contributed by atoms with Crippen LogP contribution in [0.25, 0.3) is 0 Å². The third-order valence-corrected chi connectivity index (χ3v) is 5.64. The van der Waals surface area contributed by atoms with E-state index < -0.39 is 11.6 Å². The molecule has 1 amide bonds. The van der Waals surface area contributed by atoms with Gasteiger partial charge in [-0.1, -0.05) is 0 Å². The summed E-state index contributed by atoms with van der Waals surface area (Å²) in [6, 6.07) is 6.83. The van der Waals surface area contributed by atoms with Gasteiger partial charge in [0.2, 0.25) is 11.8 Å². The Morgan fingerprint density at radius 3 is 2.55 bits per heavy atom. The number of hydrogen-bond acceptors (Lipinski definition) is 6. The average molecular weight is 433 g/mol. The fourth-order valence-corrected chi connectivity index (χ4v) is 4.36. The van der Waals surface area contributed by atoms with Crippen molar-refractivity contribution in [3.63, 3.8) is 0 Å². The molecular formula is C22H25F2N3O4. The van der Waals surface area contributed by atoms with E-state index in [1.165, 1.54) is 26.4 Å². The Labute approximate surface area is 179 Å². The molecule has 1 aromatic heterocycles. The number of hydrogen-bond donors (Lipinski definition) is 0. The zero-order valence-corrected chi connectivity index (χ0v) is 17.6. The molecule has 2 saturated heterocycles. The first-order valence-electron chi connectivity index (χ1n) is 10.0. The van der Waals surface area contributed by atoms with E-state index in [-0.39, 0.29) is 17.2 Å². The highest BCUT2D eigenvalue weighted by Gasteiger charge is 2.46. The summed E-state index contributed by atoms with van der Waals surface area (Å²) in [5.74, 6) is -0.759. The van der Waals surface area contributed by atoms with Crippen LogP contribution < -0.4 is 9.47 Å². The molecule has 9 heteroatoms. The Balaban J connectivity index is 1.44. The zero-order chi connectivity index (χ0) is 22.0. The molecular weight excluding hydrogens is 408 g/mol. The number of nitrogens with zero attached hydrogens (tertiary/aromatic N) is 3. The lowest BCUT2D eigenvalue weighted by molar-refractivity contribution is -0.0606. The molecule has 2 aliphatic heterocycles. The Morgan fingerprint density at radius 2 is 1.87 bits per heavy atom. The molecule has 2 fully saturated rings. The third-order valence-electron chi connectivity index (χ3n) is 5.64. The molecule has 0 aliphatic carbocycles. The van der Waals surface area contributed by atoms with Crippen molar-refractivity contribution >= 4 is 5.91 Å². The van der Waals surface area contributed by atoms with Gasteiger partial charge < -0.3 is 19.1 Å². The second kappa shape index (κ2) is 8.76. The summed E-state index contributed by atoms with van der Waals surface area (Å²) in [5, 5.41) is 0.